The minimum Gasteiger partial charge on any atom is -0.449 e. The predicted octanol–water partition coefficient (Wildman–Crippen LogP) is -0.744. The number of carbonyl (C=O) groups is 1. The van der Waals surface area contributed by atoms with Crippen LogP contribution in [0.1, 0.15) is 13.8 Å². The molecule has 3 N–H and O–H groups in total. The predicted molar refractivity (Wildman–Crippen MR) is 55.4 cm³/mol. The van der Waals surface area contributed by atoms with Crippen LogP contribution in [0.15, 0.2) is 0 Å². The summed E-state index contributed by atoms with van der Waals surface area (Å²) in [7, 11) is -2.53. The third kappa shape index (κ3) is 4.45. The highest BCUT2D eigenvalue weighted by Gasteiger charge is 2.24. The number of hydrogen-bond donors (Lipinski definition) is 2. The molecule has 90 valence electrons. The van der Waals surface area contributed by atoms with Crippen molar-refractivity contribution in [3.05, 3.63) is 0 Å². The number of amides is 1. The van der Waals surface area contributed by atoms with Gasteiger partial charge in [-0.2, -0.15) is 12.7 Å². The van der Waals surface area contributed by atoms with Gasteiger partial charge in [-0.25, -0.2) is 9.52 Å². The number of nitrogens with one attached hydrogen (secondary N) is 1. The molecule has 0 aromatic heterocycles. The van der Waals surface area contributed by atoms with Crippen LogP contribution in [0.5, 0.6) is 0 Å². The summed E-state index contributed by atoms with van der Waals surface area (Å²) < 4.78 is 30.1. The second kappa shape index (κ2) is 5.89. The molecular weight excluding hydrogens is 222 g/mol. The molecule has 1 atom stereocenters. The maximum atomic E-state index is 11.5. The number of nitrogens with zero attached hydrogens (tertiary/aromatic N) is 1. The zero-order valence-electron chi connectivity index (χ0n) is 9.06. The van der Waals surface area contributed by atoms with Gasteiger partial charge in [0, 0.05) is 19.6 Å². The lowest BCUT2D eigenvalue weighted by molar-refractivity contribution is 0.158. The van der Waals surface area contributed by atoms with Gasteiger partial charge in [0.05, 0.1) is 6.61 Å². The largest absolute Gasteiger partial charge is 0.449 e. The molecule has 0 spiro atoms. The maximum Gasteiger partial charge on any atom is 0.421 e. The molecule has 0 fully saturated rings. The van der Waals surface area contributed by atoms with Crippen molar-refractivity contribution >= 4 is 16.3 Å². The first kappa shape index (κ1) is 14.1. The molecule has 0 aliphatic rings. The molecule has 0 heterocycles. The average Bonchev–Trinajstić information content (AvgIpc) is 2.15. The molecule has 0 rings (SSSR count). The van der Waals surface area contributed by atoms with Crippen LogP contribution in [-0.2, 0) is 14.9 Å². The van der Waals surface area contributed by atoms with Crippen molar-refractivity contribution in [3.63, 3.8) is 0 Å². The number of likely N-dealkylation sites (N-methyl/N-ethyl adjacent to an activating group) is 1. The summed E-state index contributed by atoms with van der Waals surface area (Å²) >= 11 is 0. The summed E-state index contributed by atoms with van der Waals surface area (Å²) in [6.07, 6.45) is -0.992. The van der Waals surface area contributed by atoms with Crippen LogP contribution < -0.4 is 10.5 Å². The lowest BCUT2D eigenvalue weighted by Crippen LogP contribution is -2.47. The van der Waals surface area contributed by atoms with Crippen LogP contribution in [0.3, 0.4) is 0 Å². The van der Waals surface area contributed by atoms with Gasteiger partial charge in [-0.15, -0.1) is 0 Å². The second-order valence-electron chi connectivity index (χ2n) is 2.93. The van der Waals surface area contributed by atoms with Crippen molar-refractivity contribution in [2.45, 2.75) is 19.9 Å². The van der Waals surface area contributed by atoms with Crippen LogP contribution in [-0.4, -0.2) is 45.1 Å². The van der Waals surface area contributed by atoms with E-state index in [-0.39, 0.29) is 13.2 Å². The normalized spacial score (nSPS) is 13.7. The van der Waals surface area contributed by atoms with Gasteiger partial charge in [0.2, 0.25) is 0 Å². The van der Waals surface area contributed by atoms with Crippen LogP contribution in [0, 0.1) is 0 Å². The third-order valence-electron chi connectivity index (χ3n) is 1.83. The number of ether oxygens (including phenoxy) is 1. The zero-order chi connectivity index (χ0) is 12.1. The van der Waals surface area contributed by atoms with Crippen LogP contribution >= 0.6 is 0 Å². The first-order valence-electron chi connectivity index (χ1n) is 4.47. The Morgan fingerprint density at radius 2 is 2.13 bits per heavy atom. The molecule has 0 saturated carbocycles. The Balaban J connectivity index is 4.48. The lowest BCUT2D eigenvalue weighted by atomic mass is 10.4. The van der Waals surface area contributed by atoms with Gasteiger partial charge in [-0.1, -0.05) is 0 Å². The fraction of sp³-hybridized carbons (Fsp3) is 0.857. The van der Waals surface area contributed by atoms with Gasteiger partial charge < -0.3 is 10.5 Å². The number of carbonyl (C=O) groups excluding carboxylic acids is 1. The molecule has 0 saturated heterocycles. The van der Waals surface area contributed by atoms with Gasteiger partial charge in [0.1, 0.15) is 0 Å². The minimum absolute atomic E-state index is 0.109. The van der Waals surface area contributed by atoms with E-state index in [1.165, 1.54) is 7.05 Å². The summed E-state index contributed by atoms with van der Waals surface area (Å²) in [5.74, 6) is 0. The highest BCUT2D eigenvalue weighted by Crippen LogP contribution is 2.00. The van der Waals surface area contributed by atoms with Crippen molar-refractivity contribution in [3.8, 4) is 0 Å². The van der Waals surface area contributed by atoms with Gasteiger partial charge >= 0.3 is 16.3 Å². The number of hydrogen-bond acceptors (Lipinski definition) is 5. The Labute approximate surface area is 89.7 Å². The van der Waals surface area contributed by atoms with E-state index < -0.39 is 22.3 Å². The third-order valence-corrected chi connectivity index (χ3v) is 3.37. The molecular formula is C7H17N3O4S. The van der Waals surface area contributed by atoms with Gasteiger partial charge in [0.25, 0.3) is 0 Å². The van der Waals surface area contributed by atoms with E-state index in [9.17, 15) is 13.2 Å². The monoisotopic (exact) mass is 239 g/mol. The van der Waals surface area contributed by atoms with E-state index in [1.54, 1.807) is 18.6 Å². The van der Waals surface area contributed by atoms with E-state index in [2.05, 4.69) is 4.74 Å². The molecule has 8 heteroatoms. The highest BCUT2D eigenvalue weighted by atomic mass is 32.2. The second-order valence-corrected chi connectivity index (χ2v) is 4.66. The molecule has 0 radical (unpaired) electrons. The van der Waals surface area contributed by atoms with Crippen molar-refractivity contribution < 1.29 is 17.9 Å². The summed E-state index contributed by atoms with van der Waals surface area (Å²) in [6.45, 7) is 3.49. The first-order valence-corrected chi connectivity index (χ1v) is 5.91. The molecule has 0 aromatic carbocycles. The Bertz CT molecular complexity index is 303. The maximum absolute atomic E-state index is 11.5. The standard InChI is InChI=1S/C7H17N3O4S/c1-4-14-7(11)9-15(12,13)10(3)6(2)5-8/h6H,4-5,8H2,1-3H3,(H,9,11). The highest BCUT2D eigenvalue weighted by molar-refractivity contribution is 7.87. The van der Waals surface area contributed by atoms with Crippen LogP contribution in [0.2, 0.25) is 0 Å². The van der Waals surface area contributed by atoms with Gasteiger partial charge in [0.15, 0.2) is 0 Å². The van der Waals surface area contributed by atoms with Crippen molar-refractivity contribution in [1.82, 2.24) is 9.03 Å². The molecule has 1 unspecified atom stereocenters. The quantitative estimate of drug-likeness (QED) is 0.657. The number of nitrogens with two attached hydrogens (primary N) is 1. The Kier molecular flexibility index (Phi) is 5.55. The Morgan fingerprint density at radius 1 is 1.60 bits per heavy atom. The summed E-state index contributed by atoms with van der Waals surface area (Å²) in [5.41, 5.74) is 5.31. The first-order chi connectivity index (χ1) is 6.85. The van der Waals surface area contributed by atoms with Crippen molar-refractivity contribution in [2.75, 3.05) is 20.2 Å². The fourth-order valence-corrected chi connectivity index (χ4v) is 1.70. The molecule has 15 heavy (non-hydrogen) atoms. The zero-order valence-corrected chi connectivity index (χ0v) is 9.87. The molecule has 7 nitrogen and oxygen atoms in total. The van der Waals surface area contributed by atoms with Gasteiger partial charge in [-0.05, 0) is 13.8 Å². The molecule has 0 aliphatic carbocycles. The van der Waals surface area contributed by atoms with E-state index in [1.807, 2.05) is 0 Å². The number of rotatable bonds is 5. The van der Waals surface area contributed by atoms with Crippen LogP contribution in [0.4, 0.5) is 4.79 Å². The Morgan fingerprint density at radius 3 is 2.53 bits per heavy atom. The summed E-state index contributed by atoms with van der Waals surface area (Å²) in [5, 5.41) is 0. The van der Waals surface area contributed by atoms with Crippen molar-refractivity contribution in [1.29, 1.82) is 0 Å². The van der Waals surface area contributed by atoms with Crippen LogP contribution in [0.25, 0.3) is 0 Å². The Hall–Kier alpha value is -0.860. The topological polar surface area (TPSA) is 102 Å². The summed E-state index contributed by atoms with van der Waals surface area (Å²) in [4.78, 5) is 10.9. The van der Waals surface area contributed by atoms with E-state index >= 15 is 0 Å². The summed E-state index contributed by atoms with van der Waals surface area (Å²) in [6, 6.07) is -0.392. The molecule has 0 bridgehead atoms. The average molecular weight is 239 g/mol. The van der Waals surface area contributed by atoms with Crippen molar-refractivity contribution in [2.24, 2.45) is 5.73 Å². The van der Waals surface area contributed by atoms with E-state index in [4.69, 9.17) is 5.73 Å². The molecule has 1 amide bonds. The molecule has 0 aliphatic heterocycles. The smallest absolute Gasteiger partial charge is 0.421 e. The lowest BCUT2D eigenvalue weighted by Gasteiger charge is -2.22. The van der Waals surface area contributed by atoms with E-state index in [0.717, 1.165) is 4.31 Å². The van der Waals surface area contributed by atoms with Gasteiger partial charge in [-0.3, -0.25) is 0 Å². The van der Waals surface area contributed by atoms with E-state index in [0.29, 0.717) is 0 Å². The fourth-order valence-electron chi connectivity index (χ4n) is 0.723. The SMILES string of the molecule is CCOC(=O)NS(=O)(=O)N(C)C(C)CN. The minimum atomic E-state index is -3.86. The molecule has 0 aromatic rings.